The van der Waals surface area contributed by atoms with Gasteiger partial charge in [-0.15, -0.1) is 5.10 Å². The van der Waals surface area contributed by atoms with Gasteiger partial charge in [-0.1, -0.05) is 23.4 Å². The molecule has 0 aliphatic heterocycles. The second-order valence-corrected chi connectivity index (χ2v) is 8.25. The standard InChI is InChI=1S/C20H22ClN5O2S/c1-12(19(27)22-14-6-8-15(9-7-14)26(2)3)29-20-23-18(24-25-20)16-11-13(21)5-10-17(16)28-4/h5-12H,1-4H3,(H,22,27)(H,23,24,25)/t12-/m1/s1. The Morgan fingerprint density at radius 3 is 2.62 bits per heavy atom. The van der Waals surface area contributed by atoms with Gasteiger partial charge in [-0.2, -0.15) is 0 Å². The van der Waals surface area contributed by atoms with E-state index in [1.54, 1.807) is 25.3 Å². The van der Waals surface area contributed by atoms with Gasteiger partial charge in [-0.3, -0.25) is 9.89 Å². The molecule has 0 saturated heterocycles. The summed E-state index contributed by atoms with van der Waals surface area (Å²) in [4.78, 5) is 19.0. The molecule has 2 aromatic carbocycles. The van der Waals surface area contributed by atoms with Crippen LogP contribution in [-0.2, 0) is 4.79 Å². The minimum atomic E-state index is -0.381. The van der Waals surface area contributed by atoms with Crippen LogP contribution in [0.1, 0.15) is 6.92 Å². The SMILES string of the molecule is COc1ccc(Cl)cc1-c1nc(S[C@H](C)C(=O)Nc2ccc(N(C)C)cc2)n[nH]1. The van der Waals surface area contributed by atoms with Crippen LogP contribution >= 0.6 is 23.4 Å². The maximum absolute atomic E-state index is 12.5. The summed E-state index contributed by atoms with van der Waals surface area (Å²) in [5.41, 5.74) is 2.51. The number of amides is 1. The molecule has 9 heteroatoms. The van der Waals surface area contributed by atoms with Gasteiger partial charge in [0.1, 0.15) is 5.75 Å². The van der Waals surface area contributed by atoms with E-state index >= 15 is 0 Å². The van der Waals surface area contributed by atoms with Crippen molar-refractivity contribution in [3.8, 4) is 17.1 Å². The summed E-state index contributed by atoms with van der Waals surface area (Å²) in [7, 11) is 5.52. The summed E-state index contributed by atoms with van der Waals surface area (Å²) in [5, 5.41) is 10.6. The first kappa shape index (κ1) is 21.0. The molecule has 0 aliphatic carbocycles. The zero-order valence-electron chi connectivity index (χ0n) is 16.6. The van der Waals surface area contributed by atoms with Crippen LogP contribution in [0.4, 0.5) is 11.4 Å². The van der Waals surface area contributed by atoms with E-state index < -0.39 is 0 Å². The predicted molar refractivity (Wildman–Crippen MR) is 118 cm³/mol. The summed E-state index contributed by atoms with van der Waals surface area (Å²) in [6, 6.07) is 12.9. The molecule has 0 fully saturated rings. The number of nitrogens with zero attached hydrogens (tertiary/aromatic N) is 3. The van der Waals surface area contributed by atoms with E-state index in [0.717, 1.165) is 11.4 Å². The molecule has 0 unspecified atom stereocenters. The van der Waals surface area contributed by atoms with E-state index in [0.29, 0.717) is 27.3 Å². The molecule has 1 heterocycles. The Balaban J connectivity index is 1.66. The van der Waals surface area contributed by atoms with Gasteiger partial charge in [-0.25, -0.2) is 4.98 Å². The van der Waals surface area contributed by atoms with Crippen molar-refractivity contribution >= 4 is 40.6 Å². The fourth-order valence-electron chi connectivity index (χ4n) is 2.58. The first-order chi connectivity index (χ1) is 13.9. The van der Waals surface area contributed by atoms with Gasteiger partial charge >= 0.3 is 0 Å². The first-order valence-corrected chi connectivity index (χ1v) is 10.1. The number of anilines is 2. The minimum absolute atomic E-state index is 0.126. The van der Waals surface area contributed by atoms with Gasteiger partial charge < -0.3 is 15.0 Å². The molecule has 0 radical (unpaired) electrons. The molecule has 2 N–H and O–H groups in total. The number of aromatic nitrogens is 3. The number of thioether (sulfide) groups is 1. The lowest BCUT2D eigenvalue weighted by Gasteiger charge is -2.14. The average molecular weight is 432 g/mol. The fourth-order valence-corrected chi connectivity index (χ4v) is 3.48. The molecular weight excluding hydrogens is 410 g/mol. The highest BCUT2D eigenvalue weighted by molar-refractivity contribution is 8.00. The molecule has 3 rings (SSSR count). The average Bonchev–Trinajstić information content (AvgIpc) is 3.16. The predicted octanol–water partition coefficient (Wildman–Crippen LogP) is 4.32. The molecule has 1 aromatic heterocycles. The van der Waals surface area contributed by atoms with Crippen LogP contribution in [0.25, 0.3) is 11.4 Å². The van der Waals surface area contributed by atoms with E-state index in [-0.39, 0.29) is 11.2 Å². The topological polar surface area (TPSA) is 83.1 Å². The maximum atomic E-state index is 12.5. The molecule has 1 atom stereocenters. The van der Waals surface area contributed by atoms with Gasteiger partial charge in [0.05, 0.1) is 17.9 Å². The summed E-state index contributed by atoms with van der Waals surface area (Å²) >= 11 is 7.35. The normalized spacial score (nSPS) is 11.8. The molecule has 0 bridgehead atoms. The quantitative estimate of drug-likeness (QED) is 0.542. The van der Waals surface area contributed by atoms with Gasteiger partial charge in [-0.05, 0) is 49.4 Å². The van der Waals surface area contributed by atoms with Crippen molar-refractivity contribution < 1.29 is 9.53 Å². The zero-order valence-corrected chi connectivity index (χ0v) is 18.1. The van der Waals surface area contributed by atoms with Gasteiger partial charge in [0.2, 0.25) is 11.1 Å². The van der Waals surface area contributed by atoms with Crippen LogP contribution in [-0.4, -0.2) is 47.5 Å². The van der Waals surface area contributed by atoms with Crippen molar-refractivity contribution in [1.82, 2.24) is 15.2 Å². The van der Waals surface area contributed by atoms with E-state index in [1.807, 2.05) is 50.2 Å². The summed E-state index contributed by atoms with van der Waals surface area (Å²) in [6.45, 7) is 1.81. The monoisotopic (exact) mass is 431 g/mol. The Bertz CT molecular complexity index is 991. The number of ether oxygens (including phenoxy) is 1. The lowest BCUT2D eigenvalue weighted by atomic mass is 10.2. The minimum Gasteiger partial charge on any atom is -0.496 e. The molecule has 7 nitrogen and oxygen atoms in total. The number of hydrogen-bond acceptors (Lipinski definition) is 6. The summed E-state index contributed by atoms with van der Waals surface area (Å²) in [5.74, 6) is 1.03. The Kier molecular flexibility index (Phi) is 6.66. The van der Waals surface area contributed by atoms with Crippen molar-refractivity contribution in [2.45, 2.75) is 17.3 Å². The third-order valence-corrected chi connectivity index (χ3v) is 5.38. The number of aromatic amines is 1. The first-order valence-electron chi connectivity index (χ1n) is 8.88. The number of H-pyrrole nitrogens is 1. The second-order valence-electron chi connectivity index (χ2n) is 6.50. The number of methoxy groups -OCH3 is 1. The highest BCUT2D eigenvalue weighted by Crippen LogP contribution is 2.31. The van der Waals surface area contributed by atoms with Gasteiger partial charge in [0.15, 0.2) is 5.82 Å². The largest absolute Gasteiger partial charge is 0.496 e. The smallest absolute Gasteiger partial charge is 0.237 e. The molecule has 29 heavy (non-hydrogen) atoms. The van der Waals surface area contributed by atoms with Crippen molar-refractivity contribution in [3.63, 3.8) is 0 Å². The number of nitrogens with one attached hydrogen (secondary N) is 2. The van der Waals surface area contributed by atoms with Crippen molar-refractivity contribution in [1.29, 1.82) is 0 Å². The fraction of sp³-hybridized carbons (Fsp3) is 0.250. The number of carbonyl (C=O) groups excluding carboxylic acids is 1. The van der Waals surface area contributed by atoms with Crippen LogP contribution in [0, 0.1) is 0 Å². The maximum Gasteiger partial charge on any atom is 0.237 e. The van der Waals surface area contributed by atoms with Gasteiger partial charge in [0.25, 0.3) is 0 Å². The highest BCUT2D eigenvalue weighted by atomic mass is 35.5. The summed E-state index contributed by atoms with van der Waals surface area (Å²) in [6.07, 6.45) is 0. The van der Waals surface area contributed by atoms with Crippen LogP contribution < -0.4 is 15.0 Å². The molecule has 1 amide bonds. The van der Waals surface area contributed by atoms with Crippen LogP contribution in [0.2, 0.25) is 5.02 Å². The molecular formula is C20H22ClN5O2S. The second kappa shape index (κ2) is 9.19. The van der Waals surface area contributed by atoms with Crippen LogP contribution in [0.3, 0.4) is 0 Å². The van der Waals surface area contributed by atoms with E-state index in [9.17, 15) is 4.79 Å². The number of hydrogen-bond donors (Lipinski definition) is 2. The van der Waals surface area contributed by atoms with Crippen molar-refractivity contribution in [2.24, 2.45) is 0 Å². The Labute approximate surface area is 178 Å². The van der Waals surface area contributed by atoms with Gasteiger partial charge in [0, 0.05) is 30.5 Å². The van der Waals surface area contributed by atoms with E-state index in [4.69, 9.17) is 16.3 Å². The Morgan fingerprint density at radius 2 is 1.97 bits per heavy atom. The molecule has 3 aromatic rings. The van der Waals surface area contributed by atoms with Crippen LogP contribution in [0.15, 0.2) is 47.6 Å². The summed E-state index contributed by atoms with van der Waals surface area (Å²) < 4.78 is 5.35. The molecule has 0 saturated carbocycles. The van der Waals surface area contributed by atoms with E-state index in [2.05, 4.69) is 20.5 Å². The van der Waals surface area contributed by atoms with Crippen LogP contribution in [0.5, 0.6) is 5.75 Å². The number of benzene rings is 2. The molecule has 0 spiro atoms. The zero-order chi connectivity index (χ0) is 21.0. The third kappa shape index (κ3) is 5.21. The Hall–Kier alpha value is -2.71. The molecule has 152 valence electrons. The Morgan fingerprint density at radius 1 is 1.24 bits per heavy atom. The number of carbonyl (C=O) groups is 1. The molecule has 0 aliphatic rings. The lowest BCUT2D eigenvalue weighted by Crippen LogP contribution is -2.22. The number of rotatable bonds is 7. The third-order valence-electron chi connectivity index (χ3n) is 4.18. The highest BCUT2D eigenvalue weighted by Gasteiger charge is 2.19. The van der Waals surface area contributed by atoms with Crippen molar-refractivity contribution in [2.75, 3.05) is 31.4 Å². The number of halogens is 1. The van der Waals surface area contributed by atoms with E-state index in [1.165, 1.54) is 11.8 Å². The van der Waals surface area contributed by atoms with Crippen molar-refractivity contribution in [3.05, 3.63) is 47.5 Å². The lowest BCUT2D eigenvalue weighted by molar-refractivity contribution is -0.115.